The molecular formula is C8H14N2O2S2. The highest BCUT2D eigenvalue weighted by atomic mass is 32.2. The summed E-state index contributed by atoms with van der Waals surface area (Å²) in [6.07, 6.45) is 0. The van der Waals surface area contributed by atoms with Gasteiger partial charge in [0.2, 0.25) is 0 Å². The summed E-state index contributed by atoms with van der Waals surface area (Å²) in [5.74, 6) is 0.736. The van der Waals surface area contributed by atoms with Crippen LogP contribution in [-0.2, 0) is 9.53 Å². The van der Waals surface area contributed by atoms with Gasteiger partial charge in [-0.2, -0.15) is 0 Å². The average molecular weight is 234 g/mol. The number of esters is 1. The normalized spacial score (nSPS) is 21.6. The van der Waals surface area contributed by atoms with Crippen molar-refractivity contribution in [3.8, 4) is 0 Å². The van der Waals surface area contributed by atoms with E-state index in [2.05, 4.69) is 5.32 Å². The first-order chi connectivity index (χ1) is 6.69. The SMILES string of the molecule is CNC(=S)N1CCS[C@H](C(=O)OC)C1. The van der Waals surface area contributed by atoms with Crippen LogP contribution in [-0.4, -0.2) is 54.2 Å². The highest BCUT2D eigenvalue weighted by molar-refractivity contribution is 8.00. The zero-order chi connectivity index (χ0) is 10.6. The Balaban J connectivity index is 2.51. The first-order valence-corrected chi connectivity index (χ1v) is 5.80. The van der Waals surface area contributed by atoms with Crippen LogP contribution in [0.15, 0.2) is 0 Å². The number of thiocarbonyl (C=S) groups is 1. The predicted molar refractivity (Wildman–Crippen MR) is 61.5 cm³/mol. The lowest BCUT2D eigenvalue weighted by Crippen LogP contribution is -2.48. The van der Waals surface area contributed by atoms with Crippen LogP contribution >= 0.6 is 24.0 Å². The molecule has 0 saturated carbocycles. The third kappa shape index (κ3) is 2.75. The molecule has 1 saturated heterocycles. The van der Waals surface area contributed by atoms with E-state index in [4.69, 9.17) is 17.0 Å². The zero-order valence-corrected chi connectivity index (χ0v) is 9.91. The molecule has 0 aliphatic carbocycles. The van der Waals surface area contributed by atoms with Gasteiger partial charge in [0.25, 0.3) is 0 Å². The minimum absolute atomic E-state index is 0.111. The molecule has 1 aliphatic rings. The van der Waals surface area contributed by atoms with E-state index in [9.17, 15) is 4.79 Å². The van der Waals surface area contributed by atoms with E-state index < -0.39 is 0 Å². The Labute approximate surface area is 93.4 Å². The second kappa shape index (κ2) is 5.41. The molecule has 1 atom stereocenters. The van der Waals surface area contributed by atoms with Crippen molar-refractivity contribution in [3.05, 3.63) is 0 Å². The molecule has 14 heavy (non-hydrogen) atoms. The number of ether oxygens (including phenoxy) is 1. The first kappa shape index (κ1) is 11.6. The highest BCUT2D eigenvalue weighted by Crippen LogP contribution is 2.19. The van der Waals surface area contributed by atoms with Gasteiger partial charge < -0.3 is 15.0 Å². The lowest BCUT2D eigenvalue weighted by atomic mass is 10.3. The Morgan fingerprint density at radius 2 is 2.43 bits per heavy atom. The summed E-state index contributed by atoms with van der Waals surface area (Å²) in [5, 5.41) is 3.49. The summed E-state index contributed by atoms with van der Waals surface area (Å²) >= 11 is 6.73. The molecule has 6 heteroatoms. The summed E-state index contributed by atoms with van der Waals surface area (Å²) < 4.78 is 4.70. The fourth-order valence-electron chi connectivity index (χ4n) is 1.27. The summed E-state index contributed by atoms with van der Waals surface area (Å²) in [6, 6.07) is 0. The Hall–Kier alpha value is -0.490. The van der Waals surface area contributed by atoms with Crippen LogP contribution in [0.25, 0.3) is 0 Å². The van der Waals surface area contributed by atoms with Gasteiger partial charge >= 0.3 is 5.97 Å². The van der Waals surface area contributed by atoms with E-state index in [1.54, 1.807) is 18.8 Å². The van der Waals surface area contributed by atoms with Gasteiger partial charge in [-0.1, -0.05) is 0 Å². The Bertz CT molecular complexity index is 213. The Morgan fingerprint density at radius 3 is 3.00 bits per heavy atom. The third-order valence-corrected chi connectivity index (χ3v) is 3.66. The monoisotopic (exact) mass is 234 g/mol. The van der Waals surface area contributed by atoms with Gasteiger partial charge in [0.1, 0.15) is 5.25 Å². The maximum atomic E-state index is 11.3. The molecule has 1 fully saturated rings. The number of carbonyl (C=O) groups excluding carboxylic acids is 1. The minimum Gasteiger partial charge on any atom is -0.468 e. The molecule has 0 spiro atoms. The van der Waals surface area contributed by atoms with Crippen LogP contribution < -0.4 is 5.32 Å². The lowest BCUT2D eigenvalue weighted by Gasteiger charge is -2.32. The van der Waals surface area contributed by atoms with E-state index in [-0.39, 0.29) is 11.2 Å². The molecule has 0 aromatic rings. The van der Waals surface area contributed by atoms with Crippen molar-refractivity contribution in [2.24, 2.45) is 0 Å². The summed E-state index contributed by atoms with van der Waals surface area (Å²) in [4.78, 5) is 13.3. The van der Waals surface area contributed by atoms with Gasteiger partial charge in [-0.05, 0) is 12.2 Å². The van der Waals surface area contributed by atoms with E-state index in [1.807, 2.05) is 4.90 Å². The van der Waals surface area contributed by atoms with Crippen molar-refractivity contribution in [1.82, 2.24) is 10.2 Å². The van der Waals surface area contributed by atoms with Crippen molar-refractivity contribution in [1.29, 1.82) is 0 Å². The van der Waals surface area contributed by atoms with Crippen LogP contribution in [0.4, 0.5) is 0 Å². The molecular weight excluding hydrogens is 220 g/mol. The molecule has 0 bridgehead atoms. The largest absolute Gasteiger partial charge is 0.468 e. The topological polar surface area (TPSA) is 41.6 Å². The molecule has 0 amide bonds. The molecule has 0 radical (unpaired) electrons. The number of nitrogens with zero attached hydrogens (tertiary/aromatic N) is 1. The lowest BCUT2D eigenvalue weighted by molar-refractivity contribution is -0.140. The number of thioether (sulfide) groups is 1. The van der Waals surface area contributed by atoms with Crippen LogP contribution in [0.5, 0.6) is 0 Å². The molecule has 0 aromatic heterocycles. The van der Waals surface area contributed by atoms with Gasteiger partial charge in [-0.15, -0.1) is 11.8 Å². The first-order valence-electron chi connectivity index (χ1n) is 4.35. The molecule has 1 aliphatic heterocycles. The molecule has 1 heterocycles. The number of hydrogen-bond acceptors (Lipinski definition) is 4. The number of carbonyl (C=O) groups is 1. The van der Waals surface area contributed by atoms with Gasteiger partial charge in [-0.25, -0.2) is 0 Å². The van der Waals surface area contributed by atoms with Gasteiger partial charge in [-0.3, -0.25) is 4.79 Å². The number of nitrogens with one attached hydrogen (secondary N) is 1. The van der Waals surface area contributed by atoms with Crippen molar-refractivity contribution in [2.45, 2.75) is 5.25 Å². The van der Waals surface area contributed by atoms with Crippen molar-refractivity contribution >= 4 is 35.1 Å². The third-order valence-electron chi connectivity index (χ3n) is 2.03. The Kier molecular flexibility index (Phi) is 4.47. The van der Waals surface area contributed by atoms with Crippen molar-refractivity contribution in [3.63, 3.8) is 0 Å². The molecule has 80 valence electrons. The molecule has 0 unspecified atom stereocenters. The minimum atomic E-state index is -0.168. The fourth-order valence-corrected chi connectivity index (χ4v) is 2.56. The second-order valence-electron chi connectivity index (χ2n) is 2.88. The van der Waals surface area contributed by atoms with Gasteiger partial charge in [0, 0.05) is 25.9 Å². The summed E-state index contributed by atoms with van der Waals surface area (Å²) in [7, 11) is 3.20. The van der Waals surface area contributed by atoms with E-state index in [1.165, 1.54) is 7.11 Å². The molecule has 1 N–H and O–H groups in total. The smallest absolute Gasteiger partial charge is 0.320 e. The van der Waals surface area contributed by atoms with Gasteiger partial charge in [0.05, 0.1) is 7.11 Å². The maximum absolute atomic E-state index is 11.3. The molecule has 4 nitrogen and oxygen atoms in total. The highest BCUT2D eigenvalue weighted by Gasteiger charge is 2.27. The van der Waals surface area contributed by atoms with Crippen LogP contribution in [0, 0.1) is 0 Å². The second-order valence-corrected chi connectivity index (χ2v) is 4.58. The summed E-state index contributed by atoms with van der Waals surface area (Å²) in [6.45, 7) is 1.52. The van der Waals surface area contributed by atoms with Crippen LogP contribution in [0.2, 0.25) is 0 Å². The quantitative estimate of drug-likeness (QED) is 0.512. The molecule has 0 aromatic carbocycles. The summed E-state index contributed by atoms with van der Waals surface area (Å²) in [5.41, 5.74) is 0. The maximum Gasteiger partial charge on any atom is 0.320 e. The van der Waals surface area contributed by atoms with Crippen LogP contribution in [0.3, 0.4) is 0 Å². The average Bonchev–Trinajstić information content (AvgIpc) is 2.27. The number of rotatable bonds is 1. The van der Waals surface area contributed by atoms with Gasteiger partial charge in [0.15, 0.2) is 5.11 Å². The van der Waals surface area contributed by atoms with E-state index >= 15 is 0 Å². The number of hydrogen-bond donors (Lipinski definition) is 1. The van der Waals surface area contributed by atoms with Crippen LogP contribution in [0.1, 0.15) is 0 Å². The zero-order valence-electron chi connectivity index (χ0n) is 8.28. The van der Waals surface area contributed by atoms with Crippen molar-refractivity contribution < 1.29 is 9.53 Å². The Morgan fingerprint density at radius 1 is 1.71 bits per heavy atom. The fraction of sp³-hybridized carbons (Fsp3) is 0.750. The standard InChI is InChI=1S/C8H14N2O2S2/c1-9-8(13)10-3-4-14-6(5-10)7(11)12-2/h6H,3-5H2,1-2H3,(H,9,13)/t6-/m0/s1. The predicted octanol–water partition coefficient (Wildman–Crippen LogP) is 0.0811. The van der Waals surface area contributed by atoms with E-state index in [0.717, 1.165) is 12.3 Å². The van der Waals surface area contributed by atoms with E-state index in [0.29, 0.717) is 11.7 Å². The van der Waals surface area contributed by atoms with Crippen molar-refractivity contribution in [2.75, 3.05) is 33.0 Å². The number of methoxy groups -OCH3 is 1. The molecule has 1 rings (SSSR count).